The molecule has 0 radical (unpaired) electrons. The van der Waals surface area contributed by atoms with Crippen molar-refractivity contribution in [1.29, 1.82) is 5.26 Å². The molecule has 0 unspecified atom stereocenters. The zero-order valence-electron chi connectivity index (χ0n) is 19.0. The monoisotopic (exact) mass is 466 g/mol. The van der Waals surface area contributed by atoms with Gasteiger partial charge in [-0.15, -0.1) is 0 Å². The van der Waals surface area contributed by atoms with Crippen molar-refractivity contribution in [1.82, 2.24) is 14.7 Å². The van der Waals surface area contributed by atoms with Gasteiger partial charge in [0.25, 0.3) is 5.91 Å². The van der Waals surface area contributed by atoms with E-state index in [0.717, 1.165) is 52.9 Å². The van der Waals surface area contributed by atoms with E-state index >= 15 is 0 Å². The molecule has 8 heteroatoms. The van der Waals surface area contributed by atoms with Crippen molar-refractivity contribution in [2.24, 2.45) is 0 Å². The lowest BCUT2D eigenvalue weighted by Gasteiger charge is -2.36. The predicted octanol–water partition coefficient (Wildman–Crippen LogP) is 3.98. The van der Waals surface area contributed by atoms with Crippen LogP contribution in [0.4, 0.5) is 15.8 Å². The number of rotatable bonds is 5. The number of nitrogens with zero attached hydrogens (tertiary/aromatic N) is 5. The Balaban J connectivity index is 1.16. The van der Waals surface area contributed by atoms with Gasteiger partial charge in [0.2, 0.25) is 0 Å². The van der Waals surface area contributed by atoms with E-state index in [1.54, 1.807) is 12.1 Å². The third-order valence-electron chi connectivity index (χ3n) is 6.92. The quantitative estimate of drug-likeness (QED) is 0.481. The van der Waals surface area contributed by atoms with Crippen molar-refractivity contribution < 1.29 is 9.18 Å². The van der Waals surface area contributed by atoms with Crippen LogP contribution in [0, 0.1) is 17.1 Å². The van der Waals surface area contributed by atoms with Crippen LogP contribution in [0.1, 0.15) is 27.2 Å². The van der Waals surface area contributed by atoms with Gasteiger partial charge in [-0.1, -0.05) is 18.2 Å². The van der Waals surface area contributed by atoms with E-state index in [4.69, 9.17) is 5.26 Å². The van der Waals surface area contributed by atoms with Crippen LogP contribution in [-0.4, -0.2) is 46.8 Å². The summed E-state index contributed by atoms with van der Waals surface area (Å²) in [4.78, 5) is 16.6. The first kappa shape index (κ1) is 21.3. The molecule has 0 bridgehead atoms. The fourth-order valence-corrected chi connectivity index (χ4v) is 5.10. The van der Waals surface area contributed by atoms with Gasteiger partial charge in [0, 0.05) is 55.6 Å². The van der Waals surface area contributed by atoms with Crippen molar-refractivity contribution in [2.45, 2.75) is 13.1 Å². The number of hydrogen-bond donors (Lipinski definition) is 1. The van der Waals surface area contributed by atoms with Gasteiger partial charge < -0.3 is 10.2 Å². The molecule has 1 N–H and O–H groups in total. The summed E-state index contributed by atoms with van der Waals surface area (Å²) in [5.74, 6) is -0.402. The second-order valence-electron chi connectivity index (χ2n) is 8.98. The minimum atomic E-state index is -0.349. The number of amides is 1. The van der Waals surface area contributed by atoms with Gasteiger partial charge in [-0.05, 0) is 47.3 Å². The van der Waals surface area contributed by atoms with Crippen molar-refractivity contribution in [3.8, 4) is 6.07 Å². The van der Waals surface area contributed by atoms with Crippen LogP contribution in [-0.2, 0) is 13.1 Å². The summed E-state index contributed by atoms with van der Waals surface area (Å²) in [6.07, 6.45) is 1.82. The number of hydrogen-bond acceptors (Lipinski definition) is 5. The summed E-state index contributed by atoms with van der Waals surface area (Å²) < 4.78 is 16.4. The maximum absolute atomic E-state index is 14.4. The van der Waals surface area contributed by atoms with Crippen LogP contribution in [0.15, 0.2) is 60.8 Å². The van der Waals surface area contributed by atoms with Crippen LogP contribution in [0.25, 0.3) is 10.8 Å². The number of carbonyl (C=O) groups is 1. The molecule has 2 aliphatic rings. The Morgan fingerprint density at radius 2 is 1.89 bits per heavy atom. The molecule has 0 aliphatic carbocycles. The number of aromatic nitrogens is 2. The van der Waals surface area contributed by atoms with Crippen molar-refractivity contribution in [2.75, 3.05) is 36.4 Å². The Morgan fingerprint density at radius 1 is 1.03 bits per heavy atom. The first-order chi connectivity index (χ1) is 17.1. The van der Waals surface area contributed by atoms with Gasteiger partial charge in [0.15, 0.2) is 0 Å². The molecule has 1 saturated heterocycles. The van der Waals surface area contributed by atoms with Crippen molar-refractivity contribution in [3.63, 3.8) is 0 Å². The number of halogens is 1. The SMILES string of the molecule is N#Cc1ccc(N2CCN(Cc3ccnn3Cc3ccc4c5c(cccc35)C(=O)N4)CC2)c(F)c1. The van der Waals surface area contributed by atoms with Crippen molar-refractivity contribution in [3.05, 3.63) is 89.0 Å². The molecule has 7 nitrogen and oxygen atoms in total. The lowest BCUT2D eigenvalue weighted by molar-refractivity contribution is 0.103. The van der Waals surface area contributed by atoms with E-state index in [1.165, 1.54) is 6.07 Å². The molecule has 3 aromatic carbocycles. The minimum absolute atomic E-state index is 0.0532. The average Bonchev–Trinajstić information content (AvgIpc) is 3.45. The van der Waals surface area contributed by atoms with Crippen LogP contribution in [0.3, 0.4) is 0 Å². The number of piperazine rings is 1. The van der Waals surface area contributed by atoms with E-state index in [1.807, 2.05) is 46.1 Å². The van der Waals surface area contributed by atoms with E-state index in [-0.39, 0.29) is 11.7 Å². The number of nitriles is 1. The highest BCUT2D eigenvalue weighted by molar-refractivity contribution is 6.24. The largest absolute Gasteiger partial charge is 0.367 e. The van der Waals surface area contributed by atoms with Gasteiger partial charge >= 0.3 is 0 Å². The normalized spacial score (nSPS) is 15.4. The molecule has 1 aromatic heterocycles. The summed E-state index contributed by atoms with van der Waals surface area (Å²) in [5.41, 5.74) is 4.70. The molecule has 0 spiro atoms. The first-order valence-corrected chi connectivity index (χ1v) is 11.6. The van der Waals surface area contributed by atoms with Crippen LogP contribution < -0.4 is 10.2 Å². The molecule has 0 saturated carbocycles. The van der Waals surface area contributed by atoms with E-state index in [2.05, 4.69) is 27.4 Å². The maximum atomic E-state index is 14.4. The molecule has 6 rings (SSSR count). The number of benzene rings is 3. The Bertz CT molecular complexity index is 1500. The Morgan fingerprint density at radius 3 is 2.69 bits per heavy atom. The van der Waals surface area contributed by atoms with Gasteiger partial charge in [-0.25, -0.2) is 4.39 Å². The Hall–Kier alpha value is -4.22. The van der Waals surface area contributed by atoms with E-state index in [9.17, 15) is 9.18 Å². The van der Waals surface area contributed by atoms with Crippen LogP contribution in [0.5, 0.6) is 0 Å². The highest BCUT2D eigenvalue weighted by Crippen LogP contribution is 2.35. The smallest absolute Gasteiger partial charge is 0.256 e. The van der Waals surface area contributed by atoms with Gasteiger partial charge in [0.1, 0.15) is 5.82 Å². The molecule has 2 aliphatic heterocycles. The molecule has 174 valence electrons. The predicted molar refractivity (Wildman–Crippen MR) is 132 cm³/mol. The van der Waals surface area contributed by atoms with Gasteiger partial charge in [-0.3, -0.25) is 14.4 Å². The lowest BCUT2D eigenvalue weighted by Crippen LogP contribution is -2.46. The van der Waals surface area contributed by atoms with E-state index < -0.39 is 0 Å². The fourth-order valence-electron chi connectivity index (χ4n) is 5.10. The summed E-state index contributed by atoms with van der Waals surface area (Å²) in [5, 5.41) is 18.5. The molecule has 4 aromatic rings. The third kappa shape index (κ3) is 3.80. The second kappa shape index (κ2) is 8.53. The summed E-state index contributed by atoms with van der Waals surface area (Å²) >= 11 is 0. The molecule has 1 fully saturated rings. The minimum Gasteiger partial charge on any atom is -0.367 e. The van der Waals surface area contributed by atoms with Gasteiger partial charge in [-0.2, -0.15) is 10.4 Å². The van der Waals surface area contributed by atoms with Gasteiger partial charge in [0.05, 0.1) is 29.6 Å². The second-order valence-corrected chi connectivity index (χ2v) is 8.98. The molecule has 0 atom stereocenters. The Kier molecular flexibility index (Phi) is 5.20. The number of anilines is 2. The van der Waals surface area contributed by atoms with Crippen LogP contribution >= 0.6 is 0 Å². The highest BCUT2D eigenvalue weighted by Gasteiger charge is 2.23. The zero-order valence-corrected chi connectivity index (χ0v) is 19.0. The lowest BCUT2D eigenvalue weighted by atomic mass is 10.0. The molecule has 3 heterocycles. The number of carbonyl (C=O) groups excluding carboxylic acids is 1. The number of nitrogens with one attached hydrogen (secondary N) is 1. The summed E-state index contributed by atoms with van der Waals surface area (Å²) in [7, 11) is 0. The maximum Gasteiger partial charge on any atom is 0.256 e. The van der Waals surface area contributed by atoms with Crippen molar-refractivity contribution >= 4 is 28.1 Å². The summed E-state index contributed by atoms with van der Waals surface area (Å²) in [6, 6.07) is 18.5. The fraction of sp³-hybridized carbons (Fsp3) is 0.222. The van der Waals surface area contributed by atoms with E-state index in [0.29, 0.717) is 30.9 Å². The standard InChI is InChI=1S/C27H23FN6O/c28-23-14-18(15-29)4-7-25(23)33-12-10-32(11-13-33)17-20-8-9-30-34(20)16-19-5-6-24-26-21(19)2-1-3-22(26)27(35)31-24/h1-9,14H,10-13,16-17H2,(H,31,35). The first-order valence-electron chi connectivity index (χ1n) is 11.6. The molecular formula is C27H23FN6O. The highest BCUT2D eigenvalue weighted by atomic mass is 19.1. The average molecular weight is 467 g/mol. The molecular weight excluding hydrogens is 443 g/mol. The summed E-state index contributed by atoms with van der Waals surface area (Å²) in [6.45, 7) is 4.41. The third-order valence-corrected chi connectivity index (χ3v) is 6.92. The van der Waals surface area contributed by atoms with Crippen LogP contribution in [0.2, 0.25) is 0 Å². The zero-order chi connectivity index (χ0) is 23.9. The molecule has 1 amide bonds. The molecule has 35 heavy (non-hydrogen) atoms. The topological polar surface area (TPSA) is 77.2 Å². The Labute approximate surface area is 202 Å².